The topological polar surface area (TPSA) is 53.3 Å². The molecule has 1 aromatic carbocycles. The highest BCUT2D eigenvalue weighted by Crippen LogP contribution is 2.27. The van der Waals surface area contributed by atoms with Gasteiger partial charge in [0.1, 0.15) is 0 Å². The number of hydrogen-bond acceptors (Lipinski definition) is 4. The predicted molar refractivity (Wildman–Crippen MR) is 80.0 cm³/mol. The summed E-state index contributed by atoms with van der Waals surface area (Å²) in [6, 6.07) is 10.1. The molecular weight excluding hydrogens is 252 g/mol. The van der Waals surface area contributed by atoms with Crippen LogP contribution in [-0.2, 0) is 6.54 Å². The smallest absolute Gasteiger partial charge is 0.0910 e. The molecule has 1 aliphatic heterocycles. The van der Waals surface area contributed by atoms with Crippen molar-refractivity contribution in [3.05, 3.63) is 42.7 Å². The summed E-state index contributed by atoms with van der Waals surface area (Å²) in [5.74, 6) is 0. The molecule has 2 aromatic rings. The maximum atomic E-state index is 10.3. The first-order valence-electron chi connectivity index (χ1n) is 7.06. The van der Waals surface area contributed by atoms with Crippen molar-refractivity contribution in [3.63, 3.8) is 0 Å². The fraction of sp³-hybridized carbons (Fsp3) is 0.400. The number of rotatable bonds is 4. The van der Waals surface area contributed by atoms with Crippen molar-refractivity contribution in [2.45, 2.75) is 19.1 Å². The quantitative estimate of drug-likeness (QED) is 0.887. The lowest BCUT2D eigenvalue weighted by Crippen LogP contribution is -2.35. The van der Waals surface area contributed by atoms with Crippen LogP contribution in [0, 0.1) is 0 Å². The Bertz CT molecular complexity index is 541. The number of β-amino-alcohol motifs (C(OH)–C–C–N with tert-alkyl or cyclic N) is 1. The Labute approximate surface area is 118 Å². The van der Waals surface area contributed by atoms with E-state index in [0.717, 1.165) is 25.2 Å². The van der Waals surface area contributed by atoms with Gasteiger partial charge in [-0.25, -0.2) is 0 Å². The Morgan fingerprint density at radius 2 is 2.15 bits per heavy atom. The van der Waals surface area contributed by atoms with E-state index in [1.165, 1.54) is 5.69 Å². The number of para-hydroxylation sites is 2. The molecule has 2 heterocycles. The summed E-state index contributed by atoms with van der Waals surface area (Å²) in [7, 11) is 0. The molecule has 0 radical (unpaired) electrons. The molecule has 5 heteroatoms. The molecule has 1 atom stereocenters. The minimum atomic E-state index is -0.430. The van der Waals surface area contributed by atoms with Gasteiger partial charge < -0.3 is 15.3 Å². The minimum absolute atomic E-state index is 0.430. The van der Waals surface area contributed by atoms with Crippen molar-refractivity contribution in [1.29, 1.82) is 0 Å². The van der Waals surface area contributed by atoms with Gasteiger partial charge in [0.05, 0.1) is 24.0 Å². The third-order valence-electron chi connectivity index (χ3n) is 3.55. The number of nitrogens with zero attached hydrogens (tertiary/aromatic N) is 3. The van der Waals surface area contributed by atoms with Crippen LogP contribution in [0.4, 0.5) is 11.4 Å². The summed E-state index contributed by atoms with van der Waals surface area (Å²) < 4.78 is 1.77. The Balaban J connectivity index is 1.70. The fourth-order valence-electron chi connectivity index (χ4n) is 2.64. The van der Waals surface area contributed by atoms with Gasteiger partial charge in [0, 0.05) is 32.0 Å². The van der Waals surface area contributed by atoms with Crippen molar-refractivity contribution in [3.8, 4) is 0 Å². The second kappa shape index (κ2) is 5.96. The third kappa shape index (κ3) is 2.93. The van der Waals surface area contributed by atoms with Crippen LogP contribution in [0.1, 0.15) is 6.42 Å². The summed E-state index contributed by atoms with van der Waals surface area (Å²) in [5.41, 5.74) is 2.32. The van der Waals surface area contributed by atoms with Crippen molar-refractivity contribution in [2.75, 3.05) is 29.9 Å². The molecule has 0 spiro atoms. The van der Waals surface area contributed by atoms with Crippen LogP contribution in [0.5, 0.6) is 0 Å². The average Bonchev–Trinajstić information content (AvgIpc) is 2.87. The highest BCUT2D eigenvalue weighted by molar-refractivity contribution is 5.70. The van der Waals surface area contributed by atoms with E-state index >= 15 is 0 Å². The molecule has 106 valence electrons. The van der Waals surface area contributed by atoms with Crippen molar-refractivity contribution >= 4 is 11.4 Å². The zero-order valence-electron chi connectivity index (χ0n) is 11.4. The van der Waals surface area contributed by atoms with Gasteiger partial charge in [0.2, 0.25) is 0 Å². The van der Waals surface area contributed by atoms with Crippen LogP contribution in [0.15, 0.2) is 42.7 Å². The Morgan fingerprint density at radius 3 is 3.00 bits per heavy atom. The van der Waals surface area contributed by atoms with Gasteiger partial charge >= 0.3 is 0 Å². The molecule has 0 saturated heterocycles. The normalized spacial score (nSPS) is 16.1. The van der Waals surface area contributed by atoms with E-state index < -0.39 is 6.10 Å². The van der Waals surface area contributed by atoms with Crippen molar-refractivity contribution in [2.24, 2.45) is 0 Å². The van der Waals surface area contributed by atoms with Crippen LogP contribution in [0.3, 0.4) is 0 Å². The predicted octanol–water partition coefficient (Wildman–Crippen LogP) is 1.57. The Hall–Kier alpha value is -2.01. The number of nitrogens with one attached hydrogen (secondary N) is 1. The van der Waals surface area contributed by atoms with E-state index in [2.05, 4.69) is 27.4 Å². The second-order valence-corrected chi connectivity index (χ2v) is 5.13. The minimum Gasteiger partial charge on any atom is -0.389 e. The van der Waals surface area contributed by atoms with E-state index in [-0.39, 0.29) is 0 Å². The third-order valence-corrected chi connectivity index (χ3v) is 3.55. The number of benzene rings is 1. The van der Waals surface area contributed by atoms with Gasteiger partial charge in [0.15, 0.2) is 0 Å². The molecule has 0 amide bonds. The lowest BCUT2D eigenvalue weighted by molar-refractivity contribution is 0.154. The first-order chi connectivity index (χ1) is 9.83. The van der Waals surface area contributed by atoms with Gasteiger partial charge in [-0.2, -0.15) is 5.10 Å². The highest BCUT2D eigenvalue weighted by Gasteiger charge is 2.17. The first kappa shape index (κ1) is 13.0. The van der Waals surface area contributed by atoms with Gasteiger partial charge in [-0.3, -0.25) is 4.68 Å². The zero-order valence-corrected chi connectivity index (χ0v) is 11.4. The Kier molecular flexibility index (Phi) is 3.87. The monoisotopic (exact) mass is 272 g/mol. The van der Waals surface area contributed by atoms with Crippen LogP contribution >= 0.6 is 0 Å². The van der Waals surface area contributed by atoms with Crippen molar-refractivity contribution < 1.29 is 5.11 Å². The van der Waals surface area contributed by atoms with Gasteiger partial charge in [-0.1, -0.05) is 12.1 Å². The van der Waals surface area contributed by atoms with Gasteiger partial charge in [-0.15, -0.1) is 0 Å². The van der Waals surface area contributed by atoms with E-state index in [9.17, 15) is 5.11 Å². The average molecular weight is 272 g/mol. The maximum absolute atomic E-state index is 10.3. The molecular formula is C15H20N4O. The number of aliphatic hydroxyl groups is 1. The molecule has 0 bridgehead atoms. The Morgan fingerprint density at radius 1 is 1.25 bits per heavy atom. The largest absolute Gasteiger partial charge is 0.389 e. The molecule has 0 fully saturated rings. The molecule has 2 N–H and O–H groups in total. The lowest BCUT2D eigenvalue weighted by Gasteiger charge is -2.27. The highest BCUT2D eigenvalue weighted by atomic mass is 16.3. The van der Waals surface area contributed by atoms with Gasteiger partial charge in [-0.05, 0) is 24.6 Å². The maximum Gasteiger partial charge on any atom is 0.0910 e. The standard InChI is InChI=1S/C15H20N4O/c20-13(12-19-10-4-8-17-19)11-18-9-3-7-16-14-5-1-2-6-15(14)18/h1-2,4-6,8,10,13,16,20H,3,7,9,11-12H2/t13-/m1/s1. The number of fused-ring (bicyclic) bond motifs is 1. The molecule has 0 aliphatic carbocycles. The number of aliphatic hydroxyl groups excluding tert-OH is 1. The van der Waals surface area contributed by atoms with E-state index in [1.54, 1.807) is 10.9 Å². The molecule has 20 heavy (non-hydrogen) atoms. The molecule has 3 rings (SSSR count). The lowest BCUT2D eigenvalue weighted by atomic mass is 10.2. The molecule has 5 nitrogen and oxygen atoms in total. The summed E-state index contributed by atoms with van der Waals surface area (Å²) in [6.45, 7) is 3.08. The zero-order chi connectivity index (χ0) is 13.8. The van der Waals surface area contributed by atoms with E-state index in [0.29, 0.717) is 13.1 Å². The summed E-state index contributed by atoms with van der Waals surface area (Å²) in [6.07, 6.45) is 4.25. The number of hydrogen-bond donors (Lipinski definition) is 2. The molecule has 1 aliphatic rings. The van der Waals surface area contributed by atoms with Crippen LogP contribution in [-0.4, -0.2) is 40.6 Å². The van der Waals surface area contributed by atoms with E-state index in [4.69, 9.17) is 0 Å². The molecule has 0 unspecified atom stereocenters. The van der Waals surface area contributed by atoms with Crippen LogP contribution < -0.4 is 10.2 Å². The summed E-state index contributed by atoms with van der Waals surface area (Å²) >= 11 is 0. The number of aromatic nitrogens is 2. The summed E-state index contributed by atoms with van der Waals surface area (Å²) in [4.78, 5) is 2.25. The molecule has 1 aromatic heterocycles. The van der Waals surface area contributed by atoms with E-state index in [1.807, 2.05) is 24.4 Å². The number of anilines is 2. The van der Waals surface area contributed by atoms with Crippen LogP contribution in [0.2, 0.25) is 0 Å². The molecule has 0 saturated carbocycles. The summed E-state index contributed by atoms with van der Waals surface area (Å²) in [5, 5.41) is 17.8. The SMILES string of the molecule is O[C@H](CN1CCCNc2ccccc21)Cn1cccn1. The first-order valence-corrected chi connectivity index (χ1v) is 7.06. The fourth-order valence-corrected chi connectivity index (χ4v) is 2.64. The second-order valence-electron chi connectivity index (χ2n) is 5.13. The van der Waals surface area contributed by atoms with Crippen molar-refractivity contribution in [1.82, 2.24) is 9.78 Å². The van der Waals surface area contributed by atoms with Crippen LogP contribution in [0.25, 0.3) is 0 Å². The van der Waals surface area contributed by atoms with Gasteiger partial charge in [0.25, 0.3) is 0 Å².